The third kappa shape index (κ3) is 2.11. The molecule has 0 radical (unpaired) electrons. The molecule has 104 valence electrons. The molecule has 20 heavy (non-hydrogen) atoms. The third-order valence-electron chi connectivity index (χ3n) is 2.81. The summed E-state index contributed by atoms with van der Waals surface area (Å²) in [5, 5.41) is 3.28. The lowest BCUT2D eigenvalue weighted by Crippen LogP contribution is -1.79. The molecule has 0 unspecified atom stereocenters. The number of thiophene rings is 1. The van der Waals surface area contributed by atoms with Crippen LogP contribution in [-0.2, 0) is 0 Å². The van der Waals surface area contributed by atoms with Crippen LogP contribution in [0.4, 0.5) is 0 Å². The summed E-state index contributed by atoms with van der Waals surface area (Å²) in [6, 6.07) is 1.71. The molecule has 8 heteroatoms. The average Bonchev–Trinajstić information content (AvgIpc) is 2.79. The molecule has 0 aliphatic heterocycles. The van der Waals surface area contributed by atoms with Gasteiger partial charge in [0.2, 0.25) is 0 Å². The van der Waals surface area contributed by atoms with Crippen LogP contribution in [0, 0.1) is 0 Å². The first kappa shape index (κ1) is 15.6. The molecule has 0 nitrogen and oxygen atoms in total. The van der Waals surface area contributed by atoms with Crippen molar-refractivity contribution in [2.75, 3.05) is 0 Å². The predicted molar refractivity (Wildman–Crippen MR) is 94.4 cm³/mol. The zero-order valence-corrected chi connectivity index (χ0v) is 15.2. The molecule has 2 aromatic carbocycles. The van der Waals surface area contributed by atoms with Crippen LogP contribution in [0.1, 0.15) is 0 Å². The van der Waals surface area contributed by atoms with Crippen molar-refractivity contribution in [3.05, 3.63) is 41.2 Å². The molecule has 0 atom stereocenters. The van der Waals surface area contributed by atoms with Crippen molar-refractivity contribution in [1.29, 1.82) is 0 Å². The van der Waals surface area contributed by atoms with E-state index in [2.05, 4.69) is 0 Å². The highest BCUT2D eigenvalue weighted by atomic mass is 35.5. The minimum Gasteiger partial charge on any atom is -0.133 e. The van der Waals surface area contributed by atoms with Crippen LogP contribution in [0.3, 0.4) is 0 Å². The minimum atomic E-state index is 0.188. The summed E-state index contributed by atoms with van der Waals surface area (Å²) >= 11 is 44.5. The molecule has 3 rings (SSSR count). The van der Waals surface area contributed by atoms with E-state index < -0.39 is 0 Å². The van der Waals surface area contributed by atoms with Gasteiger partial charge < -0.3 is 0 Å². The standard InChI is InChI=1S/C12HCl7S/c13-2-1-3-4(7(15)6(2)14)5-8(16)9(17)10(18)11(19)12(5)20-3/h1H. The van der Waals surface area contributed by atoms with Crippen molar-refractivity contribution in [1.82, 2.24) is 0 Å². The predicted octanol–water partition coefficient (Wildman–Crippen LogP) is 8.63. The van der Waals surface area contributed by atoms with Crippen molar-refractivity contribution in [3.63, 3.8) is 0 Å². The van der Waals surface area contributed by atoms with Crippen LogP contribution in [0.5, 0.6) is 0 Å². The fourth-order valence-corrected chi connectivity index (χ4v) is 5.12. The van der Waals surface area contributed by atoms with Gasteiger partial charge in [-0.3, -0.25) is 0 Å². The lowest BCUT2D eigenvalue weighted by Gasteiger charge is -2.06. The Bertz CT molecular complexity index is 881. The second kappa shape index (κ2) is 5.40. The molecule has 1 heterocycles. The van der Waals surface area contributed by atoms with Crippen LogP contribution in [-0.4, -0.2) is 0 Å². The minimum absolute atomic E-state index is 0.188. The molecular weight excluding hydrogens is 424 g/mol. The molecule has 0 saturated heterocycles. The Morgan fingerprint density at radius 3 is 1.80 bits per heavy atom. The number of hydrogen-bond donors (Lipinski definition) is 0. The maximum atomic E-state index is 6.28. The van der Waals surface area contributed by atoms with E-state index in [4.69, 9.17) is 81.2 Å². The van der Waals surface area contributed by atoms with Gasteiger partial charge in [-0.15, -0.1) is 11.3 Å². The number of rotatable bonds is 0. The van der Waals surface area contributed by atoms with Crippen LogP contribution in [0.25, 0.3) is 20.2 Å². The monoisotopic (exact) mass is 422 g/mol. The zero-order valence-electron chi connectivity index (χ0n) is 9.13. The van der Waals surface area contributed by atoms with Gasteiger partial charge in [-0.05, 0) is 6.07 Å². The van der Waals surface area contributed by atoms with E-state index in [9.17, 15) is 0 Å². The molecule has 0 N–H and O–H groups in total. The highest BCUT2D eigenvalue weighted by Crippen LogP contribution is 2.52. The van der Waals surface area contributed by atoms with Gasteiger partial charge in [0, 0.05) is 15.5 Å². The van der Waals surface area contributed by atoms with Gasteiger partial charge in [-0.2, -0.15) is 0 Å². The first-order valence-electron chi connectivity index (χ1n) is 5.06. The van der Waals surface area contributed by atoms with Gasteiger partial charge in [-0.25, -0.2) is 0 Å². The largest absolute Gasteiger partial charge is 0.133 e. The maximum absolute atomic E-state index is 6.28. The summed E-state index contributed by atoms with van der Waals surface area (Å²) < 4.78 is 1.50. The fraction of sp³-hybridized carbons (Fsp3) is 0. The Morgan fingerprint density at radius 1 is 0.600 bits per heavy atom. The van der Waals surface area contributed by atoms with Crippen molar-refractivity contribution < 1.29 is 0 Å². The Labute approximate surface area is 153 Å². The number of halogens is 7. The summed E-state index contributed by atoms with van der Waals surface area (Å²) in [6.45, 7) is 0. The quantitative estimate of drug-likeness (QED) is 0.250. The van der Waals surface area contributed by atoms with Gasteiger partial charge in [0.1, 0.15) is 0 Å². The Balaban J connectivity index is 2.69. The molecule has 0 bridgehead atoms. The van der Waals surface area contributed by atoms with E-state index in [-0.39, 0.29) is 15.1 Å². The topological polar surface area (TPSA) is 0 Å². The molecule has 1 aromatic heterocycles. The molecule has 0 saturated carbocycles. The number of benzene rings is 2. The van der Waals surface area contributed by atoms with Crippen molar-refractivity contribution in [2.24, 2.45) is 0 Å². The highest BCUT2D eigenvalue weighted by molar-refractivity contribution is 7.26. The van der Waals surface area contributed by atoms with E-state index >= 15 is 0 Å². The lowest BCUT2D eigenvalue weighted by molar-refractivity contribution is 1.81. The van der Waals surface area contributed by atoms with Gasteiger partial charge in [-0.1, -0.05) is 81.2 Å². The number of hydrogen-bond acceptors (Lipinski definition) is 1. The number of fused-ring (bicyclic) bond motifs is 3. The Kier molecular flexibility index (Phi) is 4.21. The molecule has 0 fully saturated rings. The molecular formula is C12HCl7S. The molecule has 0 aliphatic rings. The van der Waals surface area contributed by atoms with Gasteiger partial charge in [0.15, 0.2) is 0 Å². The second-order valence-corrected chi connectivity index (χ2v) is 7.65. The normalized spacial score (nSPS) is 11.8. The van der Waals surface area contributed by atoms with Crippen molar-refractivity contribution in [3.8, 4) is 0 Å². The SMILES string of the molecule is Clc1cc2sc3c(Cl)c(Cl)c(Cl)c(Cl)c3c2c(Cl)c1Cl. The highest BCUT2D eigenvalue weighted by Gasteiger charge is 2.22. The van der Waals surface area contributed by atoms with E-state index in [0.29, 0.717) is 35.6 Å². The zero-order chi connectivity index (χ0) is 14.8. The summed E-state index contributed by atoms with van der Waals surface area (Å²) in [4.78, 5) is 0. The van der Waals surface area contributed by atoms with E-state index in [1.54, 1.807) is 6.07 Å². The summed E-state index contributed by atoms with van der Waals surface area (Å²) in [6.07, 6.45) is 0. The molecule has 0 spiro atoms. The van der Waals surface area contributed by atoms with Crippen LogP contribution >= 0.6 is 92.5 Å². The summed E-state index contributed by atoms with van der Waals surface area (Å²) in [7, 11) is 0. The molecule has 0 amide bonds. The second-order valence-electron chi connectivity index (χ2n) is 3.92. The smallest absolute Gasteiger partial charge is 0.0808 e. The van der Waals surface area contributed by atoms with E-state index in [0.717, 1.165) is 4.70 Å². The lowest BCUT2D eigenvalue weighted by atomic mass is 10.1. The first-order valence-corrected chi connectivity index (χ1v) is 8.52. The van der Waals surface area contributed by atoms with E-state index in [1.165, 1.54) is 11.3 Å². The third-order valence-corrected chi connectivity index (χ3v) is 7.14. The van der Waals surface area contributed by atoms with Gasteiger partial charge in [0.05, 0.1) is 39.9 Å². The first-order chi connectivity index (χ1) is 9.34. The maximum Gasteiger partial charge on any atom is 0.0808 e. The average molecular weight is 425 g/mol. The van der Waals surface area contributed by atoms with Crippen molar-refractivity contribution in [2.45, 2.75) is 0 Å². The van der Waals surface area contributed by atoms with Gasteiger partial charge >= 0.3 is 0 Å². The van der Waals surface area contributed by atoms with Crippen molar-refractivity contribution >= 4 is 113 Å². The fourth-order valence-electron chi connectivity index (χ4n) is 1.93. The Morgan fingerprint density at radius 2 is 1.15 bits per heavy atom. The van der Waals surface area contributed by atoms with E-state index in [1.807, 2.05) is 0 Å². The van der Waals surface area contributed by atoms with Crippen LogP contribution in [0.2, 0.25) is 35.2 Å². The molecule has 3 aromatic rings. The summed E-state index contributed by atoms with van der Waals surface area (Å²) in [5.74, 6) is 0. The summed E-state index contributed by atoms with van der Waals surface area (Å²) in [5.41, 5.74) is 0. The van der Waals surface area contributed by atoms with Crippen LogP contribution in [0.15, 0.2) is 6.07 Å². The van der Waals surface area contributed by atoms with Gasteiger partial charge in [0.25, 0.3) is 0 Å². The molecule has 0 aliphatic carbocycles. The van der Waals surface area contributed by atoms with Crippen LogP contribution < -0.4 is 0 Å². The Hall–Kier alpha value is 0.690.